The number of nitrogens with one attached hydrogen (secondary N) is 1. The molecular formula is C16H23ClFN. The minimum atomic E-state index is -0.269. The van der Waals surface area contributed by atoms with E-state index in [4.69, 9.17) is 11.6 Å². The first-order valence-corrected chi connectivity index (χ1v) is 7.51. The summed E-state index contributed by atoms with van der Waals surface area (Å²) in [7, 11) is 1.97. The molecule has 1 aromatic carbocycles. The summed E-state index contributed by atoms with van der Waals surface area (Å²) in [5, 5.41) is 3.92. The van der Waals surface area contributed by atoms with Crippen LogP contribution in [0.4, 0.5) is 4.39 Å². The van der Waals surface area contributed by atoms with Crippen LogP contribution in [-0.4, -0.2) is 7.05 Å². The molecule has 2 rings (SSSR count). The number of rotatable bonds is 3. The lowest BCUT2D eigenvalue weighted by Crippen LogP contribution is -2.31. The molecule has 1 aliphatic rings. The highest BCUT2D eigenvalue weighted by atomic mass is 35.5. The molecule has 1 saturated carbocycles. The Kier molecular flexibility index (Phi) is 4.86. The van der Waals surface area contributed by atoms with Gasteiger partial charge < -0.3 is 5.32 Å². The van der Waals surface area contributed by atoms with Gasteiger partial charge in [0, 0.05) is 11.1 Å². The Bertz CT molecular complexity index is 425. The van der Waals surface area contributed by atoms with E-state index >= 15 is 0 Å². The molecule has 0 bridgehead atoms. The van der Waals surface area contributed by atoms with Crippen LogP contribution in [0.15, 0.2) is 18.2 Å². The van der Waals surface area contributed by atoms with Crippen LogP contribution < -0.4 is 5.32 Å². The Morgan fingerprint density at radius 2 is 1.84 bits per heavy atom. The summed E-state index contributed by atoms with van der Waals surface area (Å²) in [5.74, 6) is 1.81. The zero-order valence-corrected chi connectivity index (χ0v) is 12.7. The minimum Gasteiger partial charge on any atom is -0.313 e. The molecular weight excluding hydrogens is 261 g/mol. The average molecular weight is 284 g/mol. The molecule has 106 valence electrons. The number of benzene rings is 1. The van der Waals surface area contributed by atoms with Gasteiger partial charge >= 0.3 is 0 Å². The van der Waals surface area contributed by atoms with E-state index in [2.05, 4.69) is 19.2 Å². The van der Waals surface area contributed by atoms with Gasteiger partial charge in [-0.25, -0.2) is 4.39 Å². The van der Waals surface area contributed by atoms with Gasteiger partial charge in [-0.3, -0.25) is 0 Å². The van der Waals surface area contributed by atoms with Crippen molar-refractivity contribution < 1.29 is 4.39 Å². The first kappa shape index (κ1) is 14.8. The number of hydrogen-bond acceptors (Lipinski definition) is 1. The molecule has 3 atom stereocenters. The minimum absolute atomic E-state index is 0.221. The molecule has 1 aliphatic carbocycles. The predicted octanol–water partition coefficient (Wildman–Crippen LogP) is 4.81. The summed E-state index contributed by atoms with van der Waals surface area (Å²) in [6.07, 6.45) is 3.73. The Morgan fingerprint density at radius 1 is 1.21 bits per heavy atom. The zero-order chi connectivity index (χ0) is 14.0. The molecule has 0 saturated heterocycles. The Morgan fingerprint density at radius 3 is 2.37 bits per heavy atom. The van der Waals surface area contributed by atoms with Crippen molar-refractivity contribution in [2.24, 2.45) is 17.8 Å². The van der Waals surface area contributed by atoms with E-state index in [-0.39, 0.29) is 11.9 Å². The number of halogens is 2. The van der Waals surface area contributed by atoms with E-state index < -0.39 is 0 Å². The maximum absolute atomic E-state index is 13.2. The Balaban J connectivity index is 2.23. The smallest absolute Gasteiger partial charge is 0.124 e. The maximum Gasteiger partial charge on any atom is 0.124 e. The molecule has 0 aliphatic heterocycles. The van der Waals surface area contributed by atoms with Gasteiger partial charge in [-0.1, -0.05) is 31.5 Å². The van der Waals surface area contributed by atoms with Gasteiger partial charge in [0.2, 0.25) is 0 Å². The Hall–Kier alpha value is -0.600. The fraction of sp³-hybridized carbons (Fsp3) is 0.625. The largest absolute Gasteiger partial charge is 0.313 e. The van der Waals surface area contributed by atoms with Crippen molar-refractivity contribution in [1.29, 1.82) is 0 Å². The van der Waals surface area contributed by atoms with Gasteiger partial charge in [-0.05, 0) is 61.8 Å². The van der Waals surface area contributed by atoms with E-state index in [1.165, 1.54) is 31.4 Å². The van der Waals surface area contributed by atoms with Crippen LogP contribution in [0.3, 0.4) is 0 Å². The van der Waals surface area contributed by atoms with Crippen LogP contribution in [0.1, 0.15) is 44.7 Å². The average Bonchev–Trinajstić information content (AvgIpc) is 2.31. The van der Waals surface area contributed by atoms with Gasteiger partial charge in [-0.15, -0.1) is 0 Å². The highest BCUT2D eigenvalue weighted by molar-refractivity contribution is 6.31. The molecule has 3 heteroatoms. The zero-order valence-electron chi connectivity index (χ0n) is 11.9. The molecule has 3 unspecified atom stereocenters. The summed E-state index contributed by atoms with van der Waals surface area (Å²) >= 11 is 6.22. The van der Waals surface area contributed by atoms with Crippen molar-refractivity contribution in [3.8, 4) is 0 Å². The summed E-state index contributed by atoms with van der Waals surface area (Å²) in [6.45, 7) is 4.64. The summed E-state index contributed by atoms with van der Waals surface area (Å²) < 4.78 is 13.2. The van der Waals surface area contributed by atoms with Gasteiger partial charge in [-0.2, -0.15) is 0 Å². The summed E-state index contributed by atoms with van der Waals surface area (Å²) in [6, 6.07) is 4.96. The maximum atomic E-state index is 13.2. The second-order valence-electron chi connectivity index (χ2n) is 6.11. The molecule has 0 radical (unpaired) electrons. The van der Waals surface area contributed by atoms with Gasteiger partial charge in [0.25, 0.3) is 0 Å². The van der Waals surface area contributed by atoms with Crippen molar-refractivity contribution in [2.75, 3.05) is 7.05 Å². The van der Waals surface area contributed by atoms with Crippen molar-refractivity contribution in [1.82, 2.24) is 5.32 Å². The molecule has 19 heavy (non-hydrogen) atoms. The van der Waals surface area contributed by atoms with Crippen LogP contribution >= 0.6 is 11.6 Å². The molecule has 0 spiro atoms. The van der Waals surface area contributed by atoms with Crippen molar-refractivity contribution >= 4 is 11.6 Å². The number of hydrogen-bond donors (Lipinski definition) is 1. The lowest BCUT2D eigenvalue weighted by Gasteiger charge is -2.37. The molecule has 1 fully saturated rings. The fourth-order valence-corrected chi connectivity index (χ4v) is 3.97. The van der Waals surface area contributed by atoms with Crippen molar-refractivity contribution in [2.45, 2.75) is 39.2 Å². The Labute approximate surface area is 120 Å². The highest BCUT2D eigenvalue weighted by Gasteiger charge is 2.31. The molecule has 1 aromatic rings. The first-order valence-electron chi connectivity index (χ1n) is 7.13. The third kappa shape index (κ3) is 3.49. The molecule has 0 heterocycles. The monoisotopic (exact) mass is 283 g/mol. The molecule has 1 N–H and O–H groups in total. The van der Waals surface area contributed by atoms with Crippen LogP contribution in [-0.2, 0) is 0 Å². The van der Waals surface area contributed by atoms with Gasteiger partial charge in [0.15, 0.2) is 0 Å². The molecule has 0 amide bonds. The van der Waals surface area contributed by atoms with E-state index in [1.54, 1.807) is 0 Å². The normalized spacial score (nSPS) is 29.2. The van der Waals surface area contributed by atoms with E-state index in [9.17, 15) is 4.39 Å². The summed E-state index contributed by atoms with van der Waals surface area (Å²) in [5.41, 5.74) is 1.02. The van der Waals surface area contributed by atoms with E-state index in [0.717, 1.165) is 17.4 Å². The van der Waals surface area contributed by atoms with Crippen LogP contribution in [0.5, 0.6) is 0 Å². The van der Waals surface area contributed by atoms with Gasteiger partial charge in [0.05, 0.1) is 0 Å². The quantitative estimate of drug-likeness (QED) is 0.839. The lowest BCUT2D eigenvalue weighted by atomic mass is 9.72. The summed E-state index contributed by atoms with van der Waals surface area (Å²) in [4.78, 5) is 0. The highest BCUT2D eigenvalue weighted by Crippen LogP contribution is 2.41. The van der Waals surface area contributed by atoms with Crippen LogP contribution in [0.2, 0.25) is 5.02 Å². The second kappa shape index (κ2) is 6.23. The third-order valence-electron chi connectivity index (χ3n) is 4.29. The first-order chi connectivity index (χ1) is 9.01. The molecule has 0 aromatic heterocycles. The van der Waals surface area contributed by atoms with E-state index in [1.807, 2.05) is 13.1 Å². The van der Waals surface area contributed by atoms with Crippen molar-refractivity contribution in [3.63, 3.8) is 0 Å². The third-order valence-corrected chi connectivity index (χ3v) is 4.62. The topological polar surface area (TPSA) is 12.0 Å². The SMILES string of the molecule is CNC(c1ccc(F)cc1Cl)C1CC(C)CC(C)C1. The predicted molar refractivity (Wildman–Crippen MR) is 78.9 cm³/mol. The molecule has 1 nitrogen and oxygen atoms in total. The van der Waals surface area contributed by atoms with Crippen LogP contribution in [0.25, 0.3) is 0 Å². The fourth-order valence-electron chi connectivity index (χ4n) is 3.68. The standard InChI is InChI=1S/C16H23ClFN/c1-10-6-11(2)8-12(7-10)16(19-3)14-5-4-13(18)9-15(14)17/h4-5,9-12,16,19H,6-8H2,1-3H3. The van der Waals surface area contributed by atoms with Gasteiger partial charge in [0.1, 0.15) is 5.82 Å². The second-order valence-corrected chi connectivity index (χ2v) is 6.52. The van der Waals surface area contributed by atoms with E-state index in [0.29, 0.717) is 10.9 Å². The lowest BCUT2D eigenvalue weighted by molar-refractivity contribution is 0.180. The van der Waals surface area contributed by atoms with Crippen LogP contribution in [0, 0.1) is 23.6 Å². The van der Waals surface area contributed by atoms with Crippen molar-refractivity contribution in [3.05, 3.63) is 34.6 Å².